The summed E-state index contributed by atoms with van der Waals surface area (Å²) < 4.78 is 10.3. The first-order valence-corrected chi connectivity index (χ1v) is 7.61. The van der Waals surface area contributed by atoms with Crippen molar-refractivity contribution in [2.24, 2.45) is 0 Å². The first-order valence-electron chi connectivity index (χ1n) is 7.61. The molecule has 1 fully saturated rings. The molecular formula is C15H22N4O3. The lowest BCUT2D eigenvalue weighted by Crippen LogP contribution is -2.53. The molecule has 0 aliphatic carbocycles. The second-order valence-corrected chi connectivity index (χ2v) is 5.95. The number of furan rings is 1. The highest BCUT2D eigenvalue weighted by molar-refractivity contribution is 5.51. The maximum atomic E-state index is 9.52. The molecule has 1 aliphatic heterocycles. The average molecular weight is 306 g/mol. The van der Waals surface area contributed by atoms with Gasteiger partial charge in [-0.3, -0.25) is 9.80 Å². The smallest absolute Gasteiger partial charge is 0.241 e. The fourth-order valence-electron chi connectivity index (χ4n) is 2.84. The van der Waals surface area contributed by atoms with E-state index in [0.29, 0.717) is 24.3 Å². The molecule has 0 amide bonds. The number of β-amino-alcohol motifs (C(OH)–C–C–N with tert-alkyl or cyclic N) is 1. The standard InChI is InChI=1S/C15H22N4O3/c1-11-7-18(4-5-19(11)8-12(2)20)9-14-16-15(17-22-14)13-3-6-21-10-13/h3,6,10-12,20H,4-5,7-9H2,1-2H3. The van der Waals surface area contributed by atoms with Gasteiger partial charge in [-0.1, -0.05) is 5.16 Å². The van der Waals surface area contributed by atoms with Crippen LogP contribution in [-0.2, 0) is 6.54 Å². The minimum atomic E-state index is -0.289. The molecule has 1 N–H and O–H groups in total. The van der Waals surface area contributed by atoms with E-state index < -0.39 is 0 Å². The van der Waals surface area contributed by atoms with Crippen molar-refractivity contribution in [1.82, 2.24) is 19.9 Å². The van der Waals surface area contributed by atoms with Gasteiger partial charge in [0.1, 0.15) is 6.26 Å². The average Bonchev–Trinajstić information content (AvgIpc) is 3.12. The van der Waals surface area contributed by atoms with Crippen molar-refractivity contribution in [1.29, 1.82) is 0 Å². The molecule has 7 nitrogen and oxygen atoms in total. The van der Waals surface area contributed by atoms with Gasteiger partial charge in [-0.2, -0.15) is 4.98 Å². The van der Waals surface area contributed by atoms with Crippen molar-refractivity contribution in [2.75, 3.05) is 26.2 Å². The molecule has 3 rings (SSSR count). The predicted molar refractivity (Wildman–Crippen MR) is 80.0 cm³/mol. The number of hydrogen-bond donors (Lipinski definition) is 1. The molecule has 2 atom stereocenters. The Morgan fingerprint density at radius 2 is 2.32 bits per heavy atom. The van der Waals surface area contributed by atoms with Gasteiger partial charge in [0.15, 0.2) is 0 Å². The number of hydrogen-bond acceptors (Lipinski definition) is 7. The summed E-state index contributed by atoms with van der Waals surface area (Å²) in [6.45, 7) is 8.18. The Morgan fingerprint density at radius 1 is 1.45 bits per heavy atom. The van der Waals surface area contributed by atoms with Crippen LogP contribution >= 0.6 is 0 Å². The maximum absolute atomic E-state index is 9.52. The molecule has 0 radical (unpaired) electrons. The van der Waals surface area contributed by atoms with Crippen LogP contribution in [0, 0.1) is 0 Å². The van der Waals surface area contributed by atoms with Gasteiger partial charge in [-0.05, 0) is 19.9 Å². The van der Waals surface area contributed by atoms with E-state index in [1.807, 2.05) is 13.0 Å². The molecular weight excluding hydrogens is 284 g/mol. The number of aromatic nitrogens is 2. The third kappa shape index (κ3) is 3.55. The molecule has 0 bridgehead atoms. The lowest BCUT2D eigenvalue weighted by atomic mass is 10.1. The van der Waals surface area contributed by atoms with Crippen molar-refractivity contribution >= 4 is 0 Å². The van der Waals surface area contributed by atoms with E-state index in [0.717, 1.165) is 31.7 Å². The van der Waals surface area contributed by atoms with E-state index in [2.05, 4.69) is 26.9 Å². The van der Waals surface area contributed by atoms with Gasteiger partial charge in [-0.15, -0.1) is 0 Å². The largest absolute Gasteiger partial charge is 0.472 e. The Balaban J connectivity index is 1.56. The molecule has 7 heteroatoms. The minimum absolute atomic E-state index is 0.289. The van der Waals surface area contributed by atoms with Crippen LogP contribution in [0.1, 0.15) is 19.7 Å². The fraction of sp³-hybridized carbons (Fsp3) is 0.600. The summed E-state index contributed by atoms with van der Waals surface area (Å²) in [5.74, 6) is 1.18. The van der Waals surface area contributed by atoms with E-state index in [4.69, 9.17) is 8.94 Å². The summed E-state index contributed by atoms with van der Waals surface area (Å²) in [6, 6.07) is 2.21. The molecule has 2 unspecified atom stereocenters. The van der Waals surface area contributed by atoms with Gasteiger partial charge in [0, 0.05) is 32.2 Å². The summed E-state index contributed by atoms with van der Waals surface area (Å²) >= 11 is 0. The molecule has 0 aromatic carbocycles. The van der Waals surface area contributed by atoms with Crippen LogP contribution in [0.15, 0.2) is 27.5 Å². The first-order chi connectivity index (χ1) is 10.6. The SMILES string of the molecule is CC(O)CN1CCN(Cc2nc(-c3ccoc3)no2)CC1C. The summed E-state index contributed by atoms with van der Waals surface area (Å²) in [4.78, 5) is 9.02. The molecule has 0 spiro atoms. The van der Waals surface area contributed by atoms with E-state index in [9.17, 15) is 5.11 Å². The Labute approximate surface area is 129 Å². The second kappa shape index (κ2) is 6.60. The summed E-state index contributed by atoms with van der Waals surface area (Å²) in [6.07, 6.45) is 2.91. The molecule has 22 heavy (non-hydrogen) atoms. The molecule has 1 aliphatic rings. The Kier molecular flexibility index (Phi) is 4.56. The lowest BCUT2D eigenvalue weighted by Gasteiger charge is -2.39. The van der Waals surface area contributed by atoms with Crippen LogP contribution in [0.2, 0.25) is 0 Å². The maximum Gasteiger partial charge on any atom is 0.241 e. The highest BCUT2D eigenvalue weighted by Gasteiger charge is 2.25. The van der Waals surface area contributed by atoms with Crippen LogP contribution in [-0.4, -0.2) is 63.4 Å². The molecule has 0 saturated carbocycles. The van der Waals surface area contributed by atoms with Gasteiger partial charge in [0.05, 0.1) is 24.5 Å². The topological polar surface area (TPSA) is 78.8 Å². The number of aliphatic hydroxyl groups is 1. The zero-order valence-corrected chi connectivity index (χ0v) is 13.0. The molecule has 120 valence electrons. The Morgan fingerprint density at radius 3 is 3.00 bits per heavy atom. The van der Waals surface area contributed by atoms with Gasteiger partial charge in [0.25, 0.3) is 0 Å². The van der Waals surface area contributed by atoms with Crippen molar-refractivity contribution in [3.63, 3.8) is 0 Å². The molecule has 3 heterocycles. The third-order valence-corrected chi connectivity index (χ3v) is 3.95. The monoisotopic (exact) mass is 306 g/mol. The van der Waals surface area contributed by atoms with Crippen LogP contribution in [0.3, 0.4) is 0 Å². The number of nitrogens with zero attached hydrogens (tertiary/aromatic N) is 4. The van der Waals surface area contributed by atoms with Crippen molar-refractivity contribution in [2.45, 2.75) is 32.5 Å². The zero-order valence-electron chi connectivity index (χ0n) is 13.0. The fourth-order valence-corrected chi connectivity index (χ4v) is 2.84. The quantitative estimate of drug-likeness (QED) is 0.889. The van der Waals surface area contributed by atoms with Gasteiger partial charge in [0.2, 0.25) is 11.7 Å². The summed E-state index contributed by atoms with van der Waals surface area (Å²) in [7, 11) is 0. The predicted octanol–water partition coefficient (Wildman–Crippen LogP) is 1.22. The lowest BCUT2D eigenvalue weighted by molar-refractivity contribution is 0.0385. The van der Waals surface area contributed by atoms with Crippen LogP contribution in [0.5, 0.6) is 0 Å². The van der Waals surface area contributed by atoms with E-state index >= 15 is 0 Å². The number of aliphatic hydroxyl groups excluding tert-OH is 1. The molecule has 2 aromatic rings. The third-order valence-electron chi connectivity index (χ3n) is 3.95. The van der Waals surface area contributed by atoms with Gasteiger partial charge >= 0.3 is 0 Å². The molecule has 2 aromatic heterocycles. The van der Waals surface area contributed by atoms with E-state index in [-0.39, 0.29) is 6.10 Å². The second-order valence-electron chi connectivity index (χ2n) is 5.95. The zero-order chi connectivity index (χ0) is 15.5. The van der Waals surface area contributed by atoms with Crippen molar-refractivity contribution in [3.05, 3.63) is 24.5 Å². The highest BCUT2D eigenvalue weighted by Crippen LogP contribution is 2.17. The Bertz CT molecular complexity index is 581. The van der Waals surface area contributed by atoms with E-state index in [1.54, 1.807) is 12.5 Å². The van der Waals surface area contributed by atoms with Crippen LogP contribution in [0.4, 0.5) is 0 Å². The summed E-state index contributed by atoms with van der Waals surface area (Å²) in [5, 5.41) is 13.5. The minimum Gasteiger partial charge on any atom is -0.472 e. The Hall–Kier alpha value is -1.70. The van der Waals surface area contributed by atoms with Crippen molar-refractivity contribution < 1.29 is 14.0 Å². The van der Waals surface area contributed by atoms with Crippen molar-refractivity contribution in [3.8, 4) is 11.4 Å². The number of rotatable bonds is 5. The highest BCUT2D eigenvalue weighted by atomic mass is 16.5. The summed E-state index contributed by atoms with van der Waals surface area (Å²) in [5.41, 5.74) is 0.824. The number of piperazine rings is 1. The van der Waals surface area contributed by atoms with Crippen LogP contribution in [0.25, 0.3) is 11.4 Å². The van der Waals surface area contributed by atoms with Gasteiger partial charge < -0.3 is 14.0 Å². The molecule has 1 saturated heterocycles. The van der Waals surface area contributed by atoms with Crippen LogP contribution < -0.4 is 0 Å². The van der Waals surface area contributed by atoms with E-state index in [1.165, 1.54) is 0 Å². The first kappa shape index (κ1) is 15.2. The van der Waals surface area contributed by atoms with Gasteiger partial charge in [-0.25, -0.2) is 0 Å². The normalized spacial score (nSPS) is 22.0.